The SMILES string of the molecule is C=CC[C@@H](c1cccc(OCC)c1O)N1CCNCC1. The van der Waals surface area contributed by atoms with Crippen LogP contribution in [-0.4, -0.2) is 42.8 Å². The first-order valence-electron chi connectivity index (χ1n) is 7.28. The third-order valence-electron chi connectivity index (χ3n) is 3.67. The molecular formula is C16H24N2O2. The number of hydrogen-bond donors (Lipinski definition) is 2. The number of hydrogen-bond acceptors (Lipinski definition) is 4. The molecule has 1 aliphatic rings. The normalized spacial score (nSPS) is 17.6. The molecule has 1 aliphatic heterocycles. The van der Waals surface area contributed by atoms with Gasteiger partial charge in [0.1, 0.15) is 0 Å². The van der Waals surface area contributed by atoms with E-state index in [4.69, 9.17) is 4.74 Å². The predicted octanol–water partition coefficient (Wildman–Crippen LogP) is 2.31. The molecule has 1 aromatic rings. The zero-order chi connectivity index (χ0) is 14.4. The van der Waals surface area contributed by atoms with Gasteiger partial charge in [0.15, 0.2) is 11.5 Å². The van der Waals surface area contributed by atoms with E-state index in [2.05, 4.69) is 16.8 Å². The maximum absolute atomic E-state index is 10.4. The zero-order valence-corrected chi connectivity index (χ0v) is 12.1. The molecule has 0 bridgehead atoms. The summed E-state index contributed by atoms with van der Waals surface area (Å²) in [5.41, 5.74) is 0.928. The van der Waals surface area contributed by atoms with Crippen LogP contribution in [0.2, 0.25) is 0 Å². The number of piperazine rings is 1. The van der Waals surface area contributed by atoms with E-state index in [0.29, 0.717) is 12.4 Å². The summed E-state index contributed by atoms with van der Waals surface area (Å²) in [5, 5.41) is 13.8. The van der Waals surface area contributed by atoms with Crippen molar-refractivity contribution in [1.82, 2.24) is 10.2 Å². The molecule has 0 radical (unpaired) electrons. The van der Waals surface area contributed by atoms with Gasteiger partial charge in [-0.15, -0.1) is 6.58 Å². The van der Waals surface area contributed by atoms with E-state index < -0.39 is 0 Å². The third-order valence-corrected chi connectivity index (χ3v) is 3.67. The number of benzene rings is 1. The molecular weight excluding hydrogens is 252 g/mol. The van der Waals surface area contributed by atoms with Crippen LogP contribution >= 0.6 is 0 Å². The van der Waals surface area contributed by atoms with Gasteiger partial charge in [-0.05, 0) is 19.4 Å². The van der Waals surface area contributed by atoms with Crippen LogP contribution in [0.15, 0.2) is 30.9 Å². The average molecular weight is 276 g/mol. The summed E-state index contributed by atoms with van der Waals surface area (Å²) >= 11 is 0. The van der Waals surface area contributed by atoms with Crippen LogP contribution in [0, 0.1) is 0 Å². The van der Waals surface area contributed by atoms with Crippen molar-refractivity contribution in [2.75, 3.05) is 32.8 Å². The first-order valence-corrected chi connectivity index (χ1v) is 7.28. The van der Waals surface area contributed by atoms with E-state index in [-0.39, 0.29) is 11.8 Å². The van der Waals surface area contributed by atoms with Crippen molar-refractivity contribution >= 4 is 0 Å². The molecule has 110 valence electrons. The zero-order valence-electron chi connectivity index (χ0n) is 12.1. The lowest BCUT2D eigenvalue weighted by molar-refractivity contribution is 0.171. The minimum absolute atomic E-state index is 0.162. The highest BCUT2D eigenvalue weighted by Crippen LogP contribution is 2.37. The molecule has 1 saturated heterocycles. The Morgan fingerprint density at radius 2 is 2.20 bits per heavy atom. The van der Waals surface area contributed by atoms with Crippen LogP contribution in [0.4, 0.5) is 0 Å². The molecule has 1 heterocycles. The molecule has 0 spiro atoms. The molecule has 1 fully saturated rings. The van der Waals surface area contributed by atoms with Gasteiger partial charge in [-0.25, -0.2) is 0 Å². The fraction of sp³-hybridized carbons (Fsp3) is 0.500. The van der Waals surface area contributed by atoms with E-state index in [1.165, 1.54) is 0 Å². The van der Waals surface area contributed by atoms with Crippen LogP contribution in [0.3, 0.4) is 0 Å². The fourth-order valence-electron chi connectivity index (χ4n) is 2.70. The topological polar surface area (TPSA) is 44.7 Å². The lowest BCUT2D eigenvalue weighted by atomic mass is 9.99. The summed E-state index contributed by atoms with van der Waals surface area (Å²) in [4.78, 5) is 2.39. The van der Waals surface area contributed by atoms with Crippen LogP contribution in [0.5, 0.6) is 11.5 Å². The largest absolute Gasteiger partial charge is 0.504 e. The lowest BCUT2D eigenvalue weighted by Gasteiger charge is -2.35. The Bertz CT molecular complexity index is 442. The van der Waals surface area contributed by atoms with E-state index in [1.807, 2.05) is 31.2 Å². The third kappa shape index (κ3) is 3.32. The first kappa shape index (κ1) is 14.9. The van der Waals surface area contributed by atoms with Crippen molar-refractivity contribution in [3.63, 3.8) is 0 Å². The molecule has 0 aliphatic carbocycles. The molecule has 20 heavy (non-hydrogen) atoms. The molecule has 1 atom stereocenters. The van der Waals surface area contributed by atoms with Gasteiger partial charge in [0.25, 0.3) is 0 Å². The Morgan fingerprint density at radius 1 is 1.45 bits per heavy atom. The van der Waals surface area contributed by atoms with Crippen molar-refractivity contribution in [1.29, 1.82) is 0 Å². The monoisotopic (exact) mass is 276 g/mol. The van der Waals surface area contributed by atoms with Gasteiger partial charge in [0, 0.05) is 37.8 Å². The number of phenolic OH excluding ortho intramolecular Hbond substituents is 1. The maximum Gasteiger partial charge on any atom is 0.162 e. The minimum Gasteiger partial charge on any atom is -0.504 e. The van der Waals surface area contributed by atoms with Crippen molar-refractivity contribution in [2.24, 2.45) is 0 Å². The van der Waals surface area contributed by atoms with E-state index in [9.17, 15) is 5.11 Å². The highest BCUT2D eigenvalue weighted by molar-refractivity contribution is 5.47. The Hall–Kier alpha value is -1.52. The molecule has 0 aromatic heterocycles. The van der Waals surface area contributed by atoms with Crippen molar-refractivity contribution in [3.8, 4) is 11.5 Å². The van der Waals surface area contributed by atoms with Gasteiger partial charge in [-0.1, -0.05) is 18.2 Å². The number of para-hydroxylation sites is 1. The highest BCUT2D eigenvalue weighted by atomic mass is 16.5. The quantitative estimate of drug-likeness (QED) is 0.783. The Balaban J connectivity index is 2.28. The Kier molecular flexibility index (Phi) is 5.44. The second kappa shape index (κ2) is 7.31. The maximum atomic E-state index is 10.4. The first-order chi connectivity index (χ1) is 9.77. The standard InChI is InChI=1S/C16H24N2O2/c1-3-6-14(18-11-9-17-10-12-18)13-7-5-8-15(16(13)19)20-4-2/h3,5,7-8,14,17,19H,1,4,6,9-12H2,2H3/t14-/m0/s1. The molecule has 0 saturated carbocycles. The predicted molar refractivity (Wildman–Crippen MR) is 81.3 cm³/mol. The molecule has 0 unspecified atom stereocenters. The lowest BCUT2D eigenvalue weighted by Crippen LogP contribution is -2.45. The summed E-state index contributed by atoms with van der Waals surface area (Å²) in [6.07, 6.45) is 2.74. The summed E-state index contributed by atoms with van der Waals surface area (Å²) < 4.78 is 5.49. The molecule has 2 N–H and O–H groups in total. The smallest absolute Gasteiger partial charge is 0.162 e. The number of rotatable bonds is 6. The second-order valence-electron chi connectivity index (χ2n) is 4.95. The van der Waals surface area contributed by atoms with Gasteiger partial charge < -0.3 is 15.2 Å². The summed E-state index contributed by atoms with van der Waals surface area (Å²) in [5.74, 6) is 0.828. The van der Waals surface area contributed by atoms with Crippen molar-refractivity contribution in [2.45, 2.75) is 19.4 Å². The Morgan fingerprint density at radius 3 is 2.85 bits per heavy atom. The molecule has 4 nitrogen and oxygen atoms in total. The minimum atomic E-state index is 0.162. The van der Waals surface area contributed by atoms with Gasteiger partial charge in [0.05, 0.1) is 6.61 Å². The number of ether oxygens (including phenoxy) is 1. The number of aromatic hydroxyl groups is 1. The summed E-state index contributed by atoms with van der Waals surface area (Å²) in [6.45, 7) is 10.3. The Labute approximate surface area is 121 Å². The van der Waals surface area contributed by atoms with Crippen LogP contribution in [0.25, 0.3) is 0 Å². The number of nitrogens with zero attached hydrogens (tertiary/aromatic N) is 1. The van der Waals surface area contributed by atoms with Gasteiger partial charge in [-0.3, -0.25) is 4.90 Å². The van der Waals surface area contributed by atoms with Gasteiger partial charge in [-0.2, -0.15) is 0 Å². The second-order valence-corrected chi connectivity index (χ2v) is 4.95. The molecule has 2 rings (SSSR count). The van der Waals surface area contributed by atoms with E-state index >= 15 is 0 Å². The summed E-state index contributed by atoms with van der Waals surface area (Å²) in [7, 11) is 0. The highest BCUT2D eigenvalue weighted by Gasteiger charge is 2.24. The number of nitrogens with one attached hydrogen (secondary N) is 1. The van der Waals surface area contributed by atoms with Crippen LogP contribution in [0.1, 0.15) is 24.9 Å². The molecule has 4 heteroatoms. The molecule has 1 aromatic carbocycles. The summed E-state index contributed by atoms with van der Waals surface area (Å²) in [6, 6.07) is 5.90. The van der Waals surface area contributed by atoms with Crippen LogP contribution < -0.4 is 10.1 Å². The van der Waals surface area contributed by atoms with Crippen molar-refractivity contribution < 1.29 is 9.84 Å². The fourth-order valence-corrected chi connectivity index (χ4v) is 2.70. The van der Waals surface area contributed by atoms with Gasteiger partial charge in [0.2, 0.25) is 0 Å². The molecule has 0 amide bonds. The van der Waals surface area contributed by atoms with Crippen LogP contribution in [-0.2, 0) is 0 Å². The van der Waals surface area contributed by atoms with E-state index in [1.54, 1.807) is 0 Å². The average Bonchev–Trinajstić information content (AvgIpc) is 2.49. The van der Waals surface area contributed by atoms with Gasteiger partial charge >= 0.3 is 0 Å². The van der Waals surface area contributed by atoms with E-state index in [0.717, 1.165) is 38.2 Å². The number of phenols is 1. The van der Waals surface area contributed by atoms with Crippen molar-refractivity contribution in [3.05, 3.63) is 36.4 Å².